The minimum atomic E-state index is -0.153. The molecule has 0 saturated heterocycles. The van der Waals surface area contributed by atoms with Crippen LogP contribution in [-0.4, -0.2) is 9.97 Å². The number of hydrogen-bond acceptors (Lipinski definition) is 3. The van der Waals surface area contributed by atoms with Crippen molar-refractivity contribution in [3.8, 4) is 0 Å². The summed E-state index contributed by atoms with van der Waals surface area (Å²) in [6.45, 7) is 1.75. The zero-order valence-corrected chi connectivity index (χ0v) is 6.88. The second-order valence-electron chi connectivity index (χ2n) is 1.78. The summed E-state index contributed by atoms with van der Waals surface area (Å²) < 4.78 is 0. The molecular formula is C5H5N2OS2+. The van der Waals surface area contributed by atoms with E-state index >= 15 is 0 Å². The highest BCUT2D eigenvalue weighted by Gasteiger charge is 2.04. The Balaban J connectivity index is 3.32. The lowest BCUT2D eigenvalue weighted by atomic mass is 10.5. The van der Waals surface area contributed by atoms with Gasteiger partial charge in [-0.05, 0) is 6.92 Å². The quantitative estimate of drug-likeness (QED) is 0.479. The molecule has 3 nitrogen and oxygen atoms in total. The molecule has 5 heteroatoms. The lowest BCUT2D eigenvalue weighted by Gasteiger charge is -1.83. The fourth-order valence-corrected chi connectivity index (χ4v) is 1.15. The van der Waals surface area contributed by atoms with Gasteiger partial charge in [0.1, 0.15) is 0 Å². The topological polar surface area (TPSA) is 45.8 Å². The Hall–Kier alpha value is -0.680. The van der Waals surface area contributed by atoms with Crippen LogP contribution in [0.5, 0.6) is 0 Å². The molecule has 0 aliphatic rings. The molecule has 0 bridgehead atoms. The van der Waals surface area contributed by atoms with Gasteiger partial charge in [0.05, 0.1) is 5.69 Å². The van der Waals surface area contributed by atoms with Gasteiger partial charge in [-0.2, -0.15) is 4.98 Å². The van der Waals surface area contributed by atoms with Crippen molar-refractivity contribution in [2.75, 3.05) is 0 Å². The first-order valence-electron chi connectivity index (χ1n) is 2.60. The summed E-state index contributed by atoms with van der Waals surface area (Å²) in [6.07, 6.45) is 0. The number of nitrogens with zero attached hydrogens (tertiary/aromatic N) is 1. The third kappa shape index (κ3) is 1.65. The van der Waals surface area contributed by atoms with Gasteiger partial charge in [-0.15, -0.1) is 0 Å². The highest BCUT2D eigenvalue weighted by atomic mass is 32.8. The van der Waals surface area contributed by atoms with Crippen molar-refractivity contribution in [1.29, 1.82) is 0 Å². The lowest BCUT2D eigenvalue weighted by Crippen LogP contribution is -2.08. The van der Waals surface area contributed by atoms with Gasteiger partial charge in [-0.1, -0.05) is 0 Å². The fraction of sp³-hybridized carbons (Fsp3) is 0.200. The number of hydrogen-bond donors (Lipinski definition) is 1. The lowest BCUT2D eigenvalue weighted by molar-refractivity contribution is 0.909. The molecule has 1 aromatic rings. The third-order valence-electron chi connectivity index (χ3n) is 0.927. The zero-order chi connectivity index (χ0) is 7.56. The van der Waals surface area contributed by atoms with E-state index in [1.165, 1.54) is 6.07 Å². The molecule has 0 aromatic carbocycles. The van der Waals surface area contributed by atoms with E-state index in [0.29, 0.717) is 10.9 Å². The van der Waals surface area contributed by atoms with Crippen LogP contribution in [0.25, 0.3) is 0 Å². The fourth-order valence-electron chi connectivity index (χ4n) is 0.591. The second-order valence-corrected chi connectivity index (χ2v) is 2.83. The van der Waals surface area contributed by atoms with Gasteiger partial charge in [0, 0.05) is 6.07 Å². The van der Waals surface area contributed by atoms with Gasteiger partial charge in [0.15, 0.2) is 0 Å². The maximum atomic E-state index is 10.7. The van der Waals surface area contributed by atoms with Crippen LogP contribution in [0.2, 0.25) is 0 Å². The van der Waals surface area contributed by atoms with Crippen LogP contribution in [0.4, 0.5) is 0 Å². The number of aromatic amines is 1. The Labute approximate surface area is 66.1 Å². The van der Waals surface area contributed by atoms with Gasteiger partial charge in [0.2, 0.25) is 0 Å². The summed E-state index contributed by atoms with van der Waals surface area (Å²) in [6, 6.07) is 1.43. The minimum absolute atomic E-state index is 0.153. The van der Waals surface area contributed by atoms with Gasteiger partial charge in [-0.25, -0.2) is 0 Å². The zero-order valence-electron chi connectivity index (χ0n) is 5.25. The predicted molar refractivity (Wildman–Crippen MR) is 42.6 cm³/mol. The molecule has 0 amide bonds. The summed E-state index contributed by atoms with van der Waals surface area (Å²) in [5.74, 6) is 0. The monoisotopic (exact) mass is 173 g/mol. The molecule has 0 spiro atoms. The highest BCUT2D eigenvalue weighted by Crippen LogP contribution is 1.87. The summed E-state index contributed by atoms with van der Waals surface area (Å²) in [4.78, 5) is 17.2. The molecule has 0 fully saturated rings. The summed E-state index contributed by atoms with van der Waals surface area (Å²) in [7, 11) is 1.01. The molecule has 0 aliphatic carbocycles. The van der Waals surface area contributed by atoms with E-state index in [1.54, 1.807) is 6.92 Å². The van der Waals surface area contributed by atoms with Crippen LogP contribution >= 0.6 is 0 Å². The first-order valence-corrected chi connectivity index (χ1v) is 4.34. The number of aromatic nitrogens is 2. The van der Waals surface area contributed by atoms with E-state index in [2.05, 4.69) is 21.2 Å². The number of aryl methyl sites for hydroxylation is 1. The van der Waals surface area contributed by atoms with Crippen LogP contribution in [0.3, 0.4) is 0 Å². The van der Waals surface area contributed by atoms with Crippen molar-refractivity contribution in [3.05, 3.63) is 22.1 Å². The van der Waals surface area contributed by atoms with Gasteiger partial charge < -0.3 is 0 Å². The van der Waals surface area contributed by atoms with Crippen LogP contribution in [0, 0.1) is 6.92 Å². The van der Waals surface area contributed by atoms with E-state index < -0.39 is 0 Å². The number of nitrogens with one attached hydrogen (secondary N) is 1. The third-order valence-corrected chi connectivity index (χ3v) is 1.75. The minimum Gasteiger partial charge on any atom is -0.269 e. The van der Waals surface area contributed by atoms with Gasteiger partial charge in [0.25, 0.3) is 16.7 Å². The summed E-state index contributed by atoms with van der Waals surface area (Å²) in [5.41, 5.74) is 0.538. The molecule has 1 aromatic heterocycles. The van der Waals surface area contributed by atoms with E-state index in [-0.39, 0.29) is 5.56 Å². The molecular weight excluding hydrogens is 168 g/mol. The molecule has 0 aliphatic heterocycles. The van der Waals surface area contributed by atoms with Gasteiger partial charge >= 0.3 is 15.5 Å². The summed E-state index contributed by atoms with van der Waals surface area (Å²) in [5, 5.41) is 0.486. The maximum absolute atomic E-state index is 10.7. The molecule has 52 valence electrons. The molecule has 0 radical (unpaired) electrons. The van der Waals surface area contributed by atoms with Crippen LogP contribution in [-0.2, 0) is 21.5 Å². The predicted octanol–water partition coefficient (Wildman–Crippen LogP) is -0.0183. The molecule has 0 unspecified atom stereocenters. The van der Waals surface area contributed by atoms with E-state index in [1.807, 2.05) is 0 Å². The highest BCUT2D eigenvalue weighted by molar-refractivity contribution is 8.17. The van der Waals surface area contributed by atoms with Crippen LogP contribution < -0.4 is 5.56 Å². The Morgan fingerprint density at radius 2 is 2.50 bits per heavy atom. The second kappa shape index (κ2) is 2.94. The van der Waals surface area contributed by atoms with E-state index in [9.17, 15) is 4.79 Å². The van der Waals surface area contributed by atoms with Crippen molar-refractivity contribution in [3.63, 3.8) is 0 Å². The smallest absolute Gasteiger partial charge is 0.269 e. The van der Waals surface area contributed by atoms with Gasteiger partial charge in [-0.3, -0.25) is 9.78 Å². The van der Waals surface area contributed by atoms with Crippen molar-refractivity contribution in [1.82, 2.24) is 9.97 Å². The standard InChI is InChI=1S/C5H4N2OS2/c1-3-2-4(8)7-5(6-3)10-9/h2H,1H3/p+1. The molecule has 0 atom stereocenters. The Morgan fingerprint density at radius 3 is 3.00 bits per heavy atom. The largest absolute Gasteiger partial charge is 0.420 e. The van der Waals surface area contributed by atoms with E-state index in [0.717, 1.165) is 10.3 Å². The Kier molecular flexibility index (Phi) is 2.18. The summed E-state index contributed by atoms with van der Waals surface area (Å²) >= 11 is 4.62. The average molecular weight is 173 g/mol. The number of rotatable bonds is 1. The first kappa shape index (κ1) is 7.43. The Bertz CT molecular complexity index is 307. The van der Waals surface area contributed by atoms with Crippen LogP contribution in [0.1, 0.15) is 5.69 Å². The SMILES string of the molecule is Cc1cc(=O)[nH]c([S+]=S)n1. The van der Waals surface area contributed by atoms with Crippen molar-refractivity contribution < 1.29 is 0 Å². The molecule has 1 N–H and O–H groups in total. The van der Waals surface area contributed by atoms with Crippen LogP contribution in [0.15, 0.2) is 16.0 Å². The van der Waals surface area contributed by atoms with Crippen molar-refractivity contribution in [2.24, 2.45) is 0 Å². The maximum Gasteiger partial charge on any atom is 0.420 e. The average Bonchev–Trinajstić information content (AvgIpc) is 1.85. The van der Waals surface area contributed by atoms with Crippen molar-refractivity contribution >= 4 is 21.5 Å². The van der Waals surface area contributed by atoms with E-state index in [4.69, 9.17) is 0 Å². The molecule has 1 rings (SSSR count). The Morgan fingerprint density at radius 1 is 1.80 bits per heavy atom. The molecule has 10 heavy (non-hydrogen) atoms. The number of H-pyrrole nitrogens is 1. The molecule has 0 saturated carbocycles. The van der Waals surface area contributed by atoms with Crippen molar-refractivity contribution in [2.45, 2.75) is 12.1 Å². The first-order chi connectivity index (χ1) is 4.72. The normalized spacial score (nSPS) is 9.30. The molecule has 1 heterocycles.